The van der Waals surface area contributed by atoms with E-state index in [0.717, 1.165) is 12.3 Å². The van der Waals surface area contributed by atoms with E-state index >= 15 is 0 Å². The molecular weight excluding hydrogens is 236 g/mol. The largest absolute Gasteiger partial charge is 0.396 e. The minimum absolute atomic E-state index is 0.342. The zero-order valence-electron chi connectivity index (χ0n) is 12.8. The van der Waals surface area contributed by atoms with Crippen LogP contribution in [0.4, 0.5) is 0 Å². The molecule has 2 fully saturated rings. The standard InChI is InChI=1S/C16H32N2O/c1-3-13(2)18-11-15(7-8-19)9-16(12-18)17-10-14-5-4-6-14/h13-17,19H,3-12H2,1-2H3. The lowest BCUT2D eigenvalue weighted by atomic mass is 9.84. The van der Waals surface area contributed by atoms with E-state index in [1.165, 1.54) is 51.7 Å². The van der Waals surface area contributed by atoms with Crippen LogP contribution in [0.1, 0.15) is 52.4 Å². The van der Waals surface area contributed by atoms with Gasteiger partial charge in [0, 0.05) is 31.8 Å². The third-order valence-electron chi connectivity index (χ3n) is 5.24. The number of hydrogen-bond donors (Lipinski definition) is 2. The third-order valence-corrected chi connectivity index (χ3v) is 5.24. The Bertz CT molecular complexity index is 255. The van der Waals surface area contributed by atoms with E-state index in [4.69, 9.17) is 0 Å². The van der Waals surface area contributed by atoms with E-state index in [0.29, 0.717) is 24.6 Å². The summed E-state index contributed by atoms with van der Waals surface area (Å²) in [5.41, 5.74) is 0. The summed E-state index contributed by atoms with van der Waals surface area (Å²) < 4.78 is 0. The Hall–Kier alpha value is -0.120. The minimum atomic E-state index is 0.342. The molecule has 2 N–H and O–H groups in total. The van der Waals surface area contributed by atoms with Gasteiger partial charge in [-0.05, 0) is 57.4 Å². The van der Waals surface area contributed by atoms with Gasteiger partial charge in [-0.25, -0.2) is 0 Å². The molecule has 0 radical (unpaired) electrons. The van der Waals surface area contributed by atoms with Crippen molar-refractivity contribution in [3.05, 3.63) is 0 Å². The molecule has 3 nitrogen and oxygen atoms in total. The molecule has 0 spiro atoms. The van der Waals surface area contributed by atoms with Crippen molar-refractivity contribution in [3.8, 4) is 0 Å². The van der Waals surface area contributed by atoms with Crippen LogP contribution in [0, 0.1) is 11.8 Å². The zero-order valence-corrected chi connectivity index (χ0v) is 12.8. The van der Waals surface area contributed by atoms with Crippen LogP contribution in [0.25, 0.3) is 0 Å². The summed E-state index contributed by atoms with van der Waals surface area (Å²) in [6, 6.07) is 1.31. The van der Waals surface area contributed by atoms with E-state index in [2.05, 4.69) is 24.1 Å². The molecule has 19 heavy (non-hydrogen) atoms. The molecule has 0 bridgehead atoms. The summed E-state index contributed by atoms with van der Waals surface area (Å²) in [7, 11) is 0. The molecule has 3 heteroatoms. The van der Waals surface area contributed by atoms with Gasteiger partial charge >= 0.3 is 0 Å². The fourth-order valence-corrected chi connectivity index (χ4v) is 3.43. The molecule has 0 amide bonds. The monoisotopic (exact) mass is 268 g/mol. The van der Waals surface area contributed by atoms with Crippen molar-refractivity contribution in [1.29, 1.82) is 0 Å². The van der Waals surface area contributed by atoms with Crippen LogP contribution in [-0.2, 0) is 0 Å². The lowest BCUT2D eigenvalue weighted by Crippen LogP contribution is -2.53. The molecule has 3 unspecified atom stereocenters. The third kappa shape index (κ3) is 4.44. The Morgan fingerprint density at radius 1 is 1.26 bits per heavy atom. The Labute approximate surface area is 118 Å². The first-order chi connectivity index (χ1) is 9.22. The number of hydrogen-bond acceptors (Lipinski definition) is 3. The van der Waals surface area contributed by atoms with Crippen LogP contribution in [0.5, 0.6) is 0 Å². The first-order valence-corrected chi connectivity index (χ1v) is 8.31. The van der Waals surface area contributed by atoms with Crippen LogP contribution in [0.15, 0.2) is 0 Å². The van der Waals surface area contributed by atoms with Gasteiger partial charge in [0.1, 0.15) is 0 Å². The lowest BCUT2D eigenvalue weighted by Gasteiger charge is -2.42. The molecule has 1 saturated heterocycles. The van der Waals surface area contributed by atoms with Crippen molar-refractivity contribution in [2.45, 2.75) is 64.5 Å². The molecular formula is C16H32N2O. The SMILES string of the molecule is CCC(C)N1CC(CCO)CC(NCC2CCC2)C1. The molecule has 3 atom stereocenters. The summed E-state index contributed by atoms with van der Waals surface area (Å²) in [6.45, 7) is 8.54. The molecule has 1 saturated carbocycles. The first kappa shape index (κ1) is 15.3. The minimum Gasteiger partial charge on any atom is -0.396 e. The summed E-state index contributed by atoms with van der Waals surface area (Å²) in [5.74, 6) is 1.61. The quantitative estimate of drug-likeness (QED) is 0.743. The smallest absolute Gasteiger partial charge is 0.0434 e. The van der Waals surface area contributed by atoms with Crippen molar-refractivity contribution in [2.24, 2.45) is 11.8 Å². The van der Waals surface area contributed by atoms with Gasteiger partial charge in [-0.15, -0.1) is 0 Å². The van der Waals surface area contributed by atoms with Gasteiger partial charge in [0.2, 0.25) is 0 Å². The highest BCUT2D eigenvalue weighted by Gasteiger charge is 2.29. The van der Waals surface area contributed by atoms with E-state index in [-0.39, 0.29) is 0 Å². The summed E-state index contributed by atoms with van der Waals surface area (Å²) in [5, 5.41) is 13.0. The van der Waals surface area contributed by atoms with Crippen LogP contribution < -0.4 is 5.32 Å². The van der Waals surface area contributed by atoms with Gasteiger partial charge < -0.3 is 10.4 Å². The van der Waals surface area contributed by atoms with Gasteiger partial charge in [0.25, 0.3) is 0 Å². The Kier molecular flexibility index (Phi) is 6.11. The lowest BCUT2D eigenvalue weighted by molar-refractivity contribution is 0.0857. The van der Waals surface area contributed by atoms with Crippen molar-refractivity contribution < 1.29 is 5.11 Å². The maximum Gasteiger partial charge on any atom is 0.0434 e. The highest BCUT2D eigenvalue weighted by Crippen LogP contribution is 2.27. The fraction of sp³-hybridized carbons (Fsp3) is 1.00. The Balaban J connectivity index is 1.81. The van der Waals surface area contributed by atoms with Gasteiger partial charge in [0.05, 0.1) is 0 Å². The van der Waals surface area contributed by atoms with Crippen molar-refractivity contribution in [3.63, 3.8) is 0 Å². The average Bonchev–Trinajstić information content (AvgIpc) is 2.36. The number of rotatable bonds is 7. The van der Waals surface area contributed by atoms with E-state index in [9.17, 15) is 5.11 Å². The molecule has 112 valence electrons. The number of likely N-dealkylation sites (tertiary alicyclic amines) is 1. The molecule has 2 aliphatic rings. The highest BCUT2D eigenvalue weighted by atomic mass is 16.3. The predicted molar refractivity (Wildman–Crippen MR) is 80.3 cm³/mol. The highest BCUT2D eigenvalue weighted by molar-refractivity contribution is 4.86. The van der Waals surface area contributed by atoms with Gasteiger partial charge in [0.15, 0.2) is 0 Å². The molecule has 0 aromatic heterocycles. The van der Waals surface area contributed by atoms with Crippen LogP contribution in [0.3, 0.4) is 0 Å². The Morgan fingerprint density at radius 3 is 2.63 bits per heavy atom. The van der Waals surface area contributed by atoms with Crippen LogP contribution >= 0.6 is 0 Å². The Morgan fingerprint density at radius 2 is 2.05 bits per heavy atom. The topological polar surface area (TPSA) is 35.5 Å². The molecule has 1 heterocycles. The number of nitrogens with one attached hydrogen (secondary N) is 1. The van der Waals surface area contributed by atoms with Gasteiger partial charge in [-0.1, -0.05) is 13.3 Å². The van der Waals surface area contributed by atoms with E-state index in [1.54, 1.807) is 0 Å². The fourth-order valence-electron chi connectivity index (χ4n) is 3.43. The first-order valence-electron chi connectivity index (χ1n) is 8.31. The van der Waals surface area contributed by atoms with Gasteiger partial charge in [-0.3, -0.25) is 4.90 Å². The second kappa shape index (κ2) is 7.61. The summed E-state index contributed by atoms with van der Waals surface area (Å²) in [4.78, 5) is 2.63. The van der Waals surface area contributed by atoms with Crippen molar-refractivity contribution in [2.75, 3.05) is 26.2 Å². The van der Waals surface area contributed by atoms with E-state index in [1.807, 2.05) is 0 Å². The number of nitrogens with zero attached hydrogens (tertiary/aromatic N) is 1. The van der Waals surface area contributed by atoms with Crippen LogP contribution in [-0.4, -0.2) is 48.3 Å². The molecule has 2 rings (SSSR count). The van der Waals surface area contributed by atoms with Crippen molar-refractivity contribution >= 4 is 0 Å². The predicted octanol–water partition coefficient (Wildman–Crippen LogP) is 2.25. The molecule has 0 aromatic rings. The average molecular weight is 268 g/mol. The summed E-state index contributed by atoms with van der Waals surface area (Å²) in [6.07, 6.45) is 7.73. The second-order valence-electron chi connectivity index (χ2n) is 6.73. The van der Waals surface area contributed by atoms with Gasteiger partial charge in [-0.2, -0.15) is 0 Å². The zero-order chi connectivity index (χ0) is 13.7. The maximum atomic E-state index is 9.21. The molecule has 0 aromatic carbocycles. The number of piperidine rings is 1. The molecule has 1 aliphatic carbocycles. The number of aliphatic hydroxyl groups is 1. The van der Waals surface area contributed by atoms with Crippen LogP contribution in [0.2, 0.25) is 0 Å². The number of aliphatic hydroxyl groups excluding tert-OH is 1. The van der Waals surface area contributed by atoms with E-state index < -0.39 is 0 Å². The van der Waals surface area contributed by atoms with Crippen molar-refractivity contribution in [1.82, 2.24) is 10.2 Å². The normalized spacial score (nSPS) is 31.1. The second-order valence-corrected chi connectivity index (χ2v) is 6.73. The molecule has 1 aliphatic heterocycles. The summed E-state index contributed by atoms with van der Waals surface area (Å²) >= 11 is 0. The maximum absolute atomic E-state index is 9.21.